The van der Waals surface area contributed by atoms with Crippen LogP contribution in [-0.4, -0.2) is 26.4 Å². The van der Waals surface area contributed by atoms with E-state index in [0.717, 1.165) is 45.1 Å². The molecule has 0 aliphatic carbocycles. The molecule has 37 heavy (non-hydrogen) atoms. The number of halogens is 1. The molecule has 0 fully saturated rings. The fraction of sp³-hybridized carbons (Fsp3) is 0.310. The van der Waals surface area contributed by atoms with Crippen molar-refractivity contribution in [3.8, 4) is 5.00 Å². The van der Waals surface area contributed by atoms with Gasteiger partial charge in [0.2, 0.25) is 5.91 Å². The minimum atomic E-state index is -0.0266. The number of amides is 1. The second-order valence-electron chi connectivity index (χ2n) is 9.25. The maximum absolute atomic E-state index is 10.8. The van der Waals surface area contributed by atoms with Gasteiger partial charge in [0, 0.05) is 33.6 Å². The summed E-state index contributed by atoms with van der Waals surface area (Å²) in [6.07, 6.45) is 1.14. The number of rotatable bonds is 4. The van der Waals surface area contributed by atoms with E-state index in [4.69, 9.17) is 16.6 Å². The fourth-order valence-electron chi connectivity index (χ4n) is 4.22. The number of anilines is 1. The molecular weight excluding hydrogens is 502 g/mol. The highest BCUT2D eigenvalue weighted by molar-refractivity contribution is 7.15. The summed E-state index contributed by atoms with van der Waals surface area (Å²) in [5.74, 6) is 2.34. The summed E-state index contributed by atoms with van der Waals surface area (Å²) in [4.78, 5) is 16.9. The molecule has 1 unspecified atom stereocenters. The lowest BCUT2D eigenvalue weighted by Gasteiger charge is -2.09. The Bertz CT molecular complexity index is 1430. The number of benzene rings is 2. The molecule has 1 N–H and O–H groups in total. The van der Waals surface area contributed by atoms with Gasteiger partial charge in [0.05, 0.1) is 5.71 Å². The van der Waals surface area contributed by atoms with Crippen molar-refractivity contribution in [1.82, 2.24) is 14.8 Å². The molecule has 1 aliphatic heterocycles. The van der Waals surface area contributed by atoms with Crippen LogP contribution >= 0.6 is 22.9 Å². The predicted octanol–water partition coefficient (Wildman–Crippen LogP) is 7.42. The summed E-state index contributed by atoms with van der Waals surface area (Å²) in [7, 11) is 0. The Morgan fingerprint density at radius 2 is 1.76 bits per heavy atom. The van der Waals surface area contributed by atoms with Crippen LogP contribution in [-0.2, 0) is 11.3 Å². The van der Waals surface area contributed by atoms with Gasteiger partial charge >= 0.3 is 0 Å². The standard InChI is InChI=1S/C17H15ClN4S.C12H17NO/c1-9-10(2)23-17-15(9)16(12-4-6-13(18)7-5-12)19-8-14-21-20-11(3)22(14)17;1-4-9(2)11-5-7-12(8-6-11)13-10(3)14/h4-7H,8H2,1-3H3;5-9H,4H2,1-3H3,(H,13,14). The van der Waals surface area contributed by atoms with Crippen LogP contribution in [0.3, 0.4) is 0 Å². The van der Waals surface area contributed by atoms with E-state index in [1.807, 2.05) is 43.3 Å². The van der Waals surface area contributed by atoms with Crippen LogP contribution in [0.15, 0.2) is 53.5 Å². The van der Waals surface area contributed by atoms with Crippen molar-refractivity contribution >= 4 is 40.2 Å². The zero-order valence-corrected chi connectivity index (χ0v) is 23.7. The highest BCUT2D eigenvalue weighted by atomic mass is 35.5. The number of nitrogens with one attached hydrogen (secondary N) is 1. The smallest absolute Gasteiger partial charge is 0.221 e. The van der Waals surface area contributed by atoms with Gasteiger partial charge in [-0.1, -0.05) is 49.7 Å². The molecule has 4 aromatic rings. The van der Waals surface area contributed by atoms with Crippen LogP contribution in [0.2, 0.25) is 5.02 Å². The number of aromatic nitrogens is 3. The third kappa shape index (κ3) is 5.84. The first-order chi connectivity index (χ1) is 17.7. The van der Waals surface area contributed by atoms with Crippen molar-refractivity contribution < 1.29 is 4.79 Å². The number of carbonyl (C=O) groups excluding carboxylic acids is 1. The van der Waals surface area contributed by atoms with Gasteiger partial charge in [0.1, 0.15) is 17.4 Å². The summed E-state index contributed by atoms with van der Waals surface area (Å²) in [5, 5.41) is 13.1. The number of aryl methyl sites for hydroxylation is 2. The zero-order valence-electron chi connectivity index (χ0n) is 22.1. The molecule has 0 bridgehead atoms. The molecule has 8 heteroatoms. The summed E-state index contributed by atoms with van der Waals surface area (Å²) >= 11 is 7.80. The van der Waals surface area contributed by atoms with Gasteiger partial charge in [-0.2, -0.15) is 0 Å². The Morgan fingerprint density at radius 1 is 1.08 bits per heavy atom. The highest BCUT2D eigenvalue weighted by Gasteiger charge is 2.26. The topological polar surface area (TPSA) is 72.2 Å². The first-order valence-corrected chi connectivity index (χ1v) is 13.6. The molecule has 0 radical (unpaired) electrons. The van der Waals surface area contributed by atoms with E-state index < -0.39 is 0 Å². The lowest BCUT2D eigenvalue weighted by Crippen LogP contribution is -2.07. The molecule has 6 nitrogen and oxygen atoms in total. The SMILES string of the molecule is CCC(C)c1ccc(NC(C)=O)cc1.Cc1sc2c(c1C)C(c1ccc(Cl)cc1)=NCc1nnc(C)n1-2. The van der Waals surface area contributed by atoms with Crippen LogP contribution in [0.1, 0.15) is 71.9 Å². The average Bonchev–Trinajstić information content (AvgIpc) is 3.32. The van der Waals surface area contributed by atoms with Gasteiger partial charge in [-0.3, -0.25) is 14.4 Å². The Balaban J connectivity index is 0.000000197. The Hall–Kier alpha value is -3.29. The first-order valence-electron chi connectivity index (χ1n) is 12.4. The third-order valence-electron chi connectivity index (χ3n) is 6.61. The minimum absolute atomic E-state index is 0.0266. The van der Waals surface area contributed by atoms with Crippen LogP contribution < -0.4 is 5.32 Å². The number of hydrogen-bond donors (Lipinski definition) is 1. The van der Waals surface area contributed by atoms with Gasteiger partial charge in [-0.15, -0.1) is 21.5 Å². The third-order valence-corrected chi connectivity index (χ3v) is 8.05. The molecule has 192 valence electrons. The Morgan fingerprint density at radius 3 is 2.38 bits per heavy atom. The second-order valence-corrected chi connectivity index (χ2v) is 10.9. The minimum Gasteiger partial charge on any atom is -0.326 e. The summed E-state index contributed by atoms with van der Waals surface area (Å²) in [5.41, 5.74) is 6.71. The summed E-state index contributed by atoms with van der Waals surface area (Å²) in [6.45, 7) is 12.7. The molecule has 2 aromatic carbocycles. The maximum atomic E-state index is 10.8. The number of fused-ring (bicyclic) bond motifs is 3. The van der Waals surface area contributed by atoms with E-state index in [-0.39, 0.29) is 5.91 Å². The van der Waals surface area contributed by atoms with Crippen LogP contribution in [0.25, 0.3) is 5.00 Å². The Kier molecular flexibility index (Phi) is 8.25. The molecule has 3 heterocycles. The van der Waals surface area contributed by atoms with Crippen LogP contribution in [0.4, 0.5) is 5.69 Å². The molecular formula is C29H32ClN5OS. The van der Waals surface area contributed by atoms with Crippen molar-refractivity contribution in [3.05, 3.63) is 92.3 Å². The molecule has 5 rings (SSSR count). The number of carbonyl (C=O) groups is 1. The lowest BCUT2D eigenvalue weighted by atomic mass is 9.99. The molecule has 0 spiro atoms. The van der Waals surface area contributed by atoms with E-state index in [1.54, 1.807) is 11.3 Å². The van der Waals surface area contributed by atoms with Crippen molar-refractivity contribution in [2.75, 3.05) is 5.32 Å². The van der Waals surface area contributed by atoms with Crippen molar-refractivity contribution in [2.45, 2.75) is 60.4 Å². The number of hydrogen-bond acceptors (Lipinski definition) is 5. The average molecular weight is 534 g/mol. The van der Waals surface area contributed by atoms with Gasteiger partial charge < -0.3 is 5.32 Å². The van der Waals surface area contributed by atoms with E-state index in [1.165, 1.54) is 28.5 Å². The molecule has 0 saturated carbocycles. The van der Waals surface area contributed by atoms with Crippen molar-refractivity contribution in [3.63, 3.8) is 0 Å². The summed E-state index contributed by atoms with van der Waals surface area (Å²) < 4.78 is 2.13. The van der Waals surface area contributed by atoms with E-state index in [9.17, 15) is 4.79 Å². The number of thiophene rings is 1. The normalized spacial score (nSPS) is 12.9. The second kappa shape index (κ2) is 11.4. The largest absolute Gasteiger partial charge is 0.326 e. The van der Waals surface area contributed by atoms with E-state index in [2.05, 4.69) is 59.9 Å². The van der Waals surface area contributed by atoms with Crippen LogP contribution in [0.5, 0.6) is 0 Å². The van der Waals surface area contributed by atoms with Gasteiger partial charge in [0.25, 0.3) is 0 Å². The quantitative estimate of drug-likeness (QED) is 0.296. The van der Waals surface area contributed by atoms with Gasteiger partial charge in [-0.25, -0.2) is 0 Å². The highest BCUT2D eigenvalue weighted by Crippen LogP contribution is 2.36. The number of nitrogens with zero attached hydrogens (tertiary/aromatic N) is 4. The molecule has 1 atom stereocenters. The molecule has 1 amide bonds. The maximum Gasteiger partial charge on any atom is 0.221 e. The number of aliphatic imine (C=N–C) groups is 1. The first kappa shape index (κ1) is 26.8. The van der Waals surface area contributed by atoms with Gasteiger partial charge in [0.15, 0.2) is 5.82 Å². The van der Waals surface area contributed by atoms with Crippen LogP contribution in [0, 0.1) is 20.8 Å². The predicted molar refractivity (Wildman–Crippen MR) is 154 cm³/mol. The molecule has 0 saturated heterocycles. The van der Waals surface area contributed by atoms with E-state index >= 15 is 0 Å². The monoisotopic (exact) mass is 533 g/mol. The van der Waals surface area contributed by atoms with Crippen molar-refractivity contribution in [2.24, 2.45) is 4.99 Å². The molecule has 2 aromatic heterocycles. The molecule has 1 aliphatic rings. The Labute approximate surface area is 227 Å². The zero-order chi connectivity index (χ0) is 26.7. The fourth-order valence-corrected chi connectivity index (χ4v) is 5.58. The lowest BCUT2D eigenvalue weighted by molar-refractivity contribution is -0.114. The summed E-state index contributed by atoms with van der Waals surface area (Å²) in [6, 6.07) is 15.9. The van der Waals surface area contributed by atoms with Gasteiger partial charge in [-0.05, 0) is 68.5 Å². The van der Waals surface area contributed by atoms with Crippen molar-refractivity contribution in [1.29, 1.82) is 0 Å². The van der Waals surface area contributed by atoms with E-state index in [0.29, 0.717) is 12.5 Å².